The highest BCUT2D eigenvalue weighted by molar-refractivity contribution is 7.19. The quantitative estimate of drug-likeness (QED) is 0.188. The van der Waals surface area contributed by atoms with Gasteiger partial charge >= 0.3 is 0 Å². The van der Waals surface area contributed by atoms with E-state index < -0.39 is 0 Å². The molecule has 1 aliphatic carbocycles. The molecule has 10 rings (SSSR count). The third-order valence-corrected chi connectivity index (χ3v) is 10.5. The Bertz CT molecular complexity index is 2730. The molecule has 0 saturated carbocycles. The van der Waals surface area contributed by atoms with Crippen molar-refractivity contribution in [1.82, 2.24) is 4.98 Å². The maximum absolute atomic E-state index is 6.46. The molecule has 1 aliphatic rings. The molecule has 0 bridgehead atoms. The number of anilines is 3. The molecule has 0 radical (unpaired) electrons. The molecule has 228 valence electrons. The number of para-hydroxylation sites is 1. The molecule has 4 nitrogen and oxygen atoms in total. The maximum atomic E-state index is 6.46. The van der Waals surface area contributed by atoms with Gasteiger partial charge in [0.1, 0.15) is 27.3 Å². The van der Waals surface area contributed by atoms with Crippen molar-refractivity contribution in [2.24, 2.45) is 0 Å². The monoisotopic (exact) mass is 636 g/mol. The number of furan rings is 2. The van der Waals surface area contributed by atoms with Crippen molar-refractivity contribution in [2.45, 2.75) is 12.8 Å². The fourth-order valence-corrected chi connectivity index (χ4v) is 8.07. The van der Waals surface area contributed by atoms with E-state index >= 15 is 0 Å². The van der Waals surface area contributed by atoms with Crippen LogP contribution in [-0.2, 0) is 0 Å². The fourth-order valence-electron chi connectivity index (χ4n) is 7.05. The van der Waals surface area contributed by atoms with Crippen molar-refractivity contribution in [3.63, 3.8) is 0 Å². The highest BCUT2D eigenvalue weighted by Crippen LogP contribution is 2.45. The Morgan fingerprint density at radius 1 is 0.604 bits per heavy atom. The topological polar surface area (TPSA) is 42.4 Å². The van der Waals surface area contributed by atoms with Crippen LogP contribution in [0.2, 0.25) is 0 Å². The summed E-state index contributed by atoms with van der Waals surface area (Å²) in [5, 5.41) is 5.40. The first-order valence-electron chi connectivity index (χ1n) is 16.3. The zero-order valence-corrected chi connectivity index (χ0v) is 26.7. The molecule has 0 spiro atoms. The van der Waals surface area contributed by atoms with Crippen LogP contribution >= 0.6 is 11.3 Å². The van der Waals surface area contributed by atoms with Gasteiger partial charge in [0.05, 0.1) is 21.3 Å². The zero-order chi connectivity index (χ0) is 31.6. The number of allylic oxidation sites excluding steroid dienone is 4. The number of fused-ring (bicyclic) bond motifs is 7. The summed E-state index contributed by atoms with van der Waals surface area (Å²) in [6.07, 6.45) is 8.63. The Hall–Kier alpha value is -5.91. The van der Waals surface area contributed by atoms with E-state index in [1.165, 1.54) is 16.7 Å². The first kappa shape index (κ1) is 27.2. The molecule has 6 aromatic carbocycles. The van der Waals surface area contributed by atoms with Gasteiger partial charge in [0.15, 0.2) is 0 Å². The first-order chi connectivity index (χ1) is 23.8. The fraction of sp³-hybridized carbons (Fsp3) is 0.0465. The predicted molar refractivity (Wildman–Crippen MR) is 201 cm³/mol. The van der Waals surface area contributed by atoms with Gasteiger partial charge in [-0.2, -0.15) is 0 Å². The van der Waals surface area contributed by atoms with Gasteiger partial charge in [0, 0.05) is 33.6 Å². The summed E-state index contributed by atoms with van der Waals surface area (Å²) in [6, 6.07) is 44.7. The van der Waals surface area contributed by atoms with Gasteiger partial charge < -0.3 is 13.7 Å². The minimum Gasteiger partial charge on any atom is -0.456 e. The van der Waals surface area contributed by atoms with E-state index in [0.717, 1.165) is 89.0 Å². The Balaban J connectivity index is 1.17. The third-order valence-electron chi connectivity index (χ3n) is 9.36. The van der Waals surface area contributed by atoms with Gasteiger partial charge in [-0.05, 0) is 84.1 Å². The van der Waals surface area contributed by atoms with Crippen LogP contribution in [0.1, 0.15) is 17.8 Å². The number of thiazole rings is 1. The lowest BCUT2D eigenvalue weighted by Gasteiger charge is -2.26. The SMILES string of the molecule is C1=CCCC(c2nc3cc4c(cc3s2)oc2ccc(N(c3ccc(-c5ccccc5)cc3)c3cccc5oc6ccccc6c35)cc24)=C1. The molecule has 0 aliphatic heterocycles. The van der Waals surface area contributed by atoms with Gasteiger partial charge in [-0.25, -0.2) is 4.98 Å². The second kappa shape index (κ2) is 10.8. The van der Waals surface area contributed by atoms with Gasteiger partial charge in [0.2, 0.25) is 0 Å². The van der Waals surface area contributed by atoms with Gasteiger partial charge in [-0.15, -0.1) is 11.3 Å². The normalized spacial score (nSPS) is 13.3. The molecule has 9 aromatic rings. The van der Waals surface area contributed by atoms with E-state index in [4.69, 9.17) is 13.8 Å². The predicted octanol–water partition coefficient (Wildman–Crippen LogP) is 13.0. The molecule has 48 heavy (non-hydrogen) atoms. The van der Waals surface area contributed by atoms with E-state index in [1.807, 2.05) is 12.1 Å². The highest BCUT2D eigenvalue weighted by atomic mass is 32.1. The van der Waals surface area contributed by atoms with Gasteiger partial charge in [-0.3, -0.25) is 0 Å². The van der Waals surface area contributed by atoms with Crippen LogP contribution in [0.3, 0.4) is 0 Å². The standard InChI is InChI=1S/C43H28N2O2S/c1-3-10-27(11-4-1)28-18-20-30(21-19-28)45(36-15-9-17-39-42(36)32-14-7-8-16-37(32)46-39)31-22-23-38-33(24-31)34-25-35-41(26-40(34)47-38)48-43(44-35)29-12-5-2-6-13-29/h1-5,7-12,14-26H,6,13H2. The number of hydrogen-bond donors (Lipinski definition) is 0. The minimum absolute atomic E-state index is 0.859. The van der Waals surface area contributed by atoms with Crippen LogP contribution in [0, 0.1) is 0 Å². The second-order valence-electron chi connectivity index (χ2n) is 12.3. The molecule has 0 N–H and O–H groups in total. The molecule has 0 atom stereocenters. The molecule has 0 unspecified atom stereocenters. The average molecular weight is 637 g/mol. The average Bonchev–Trinajstić information content (AvgIpc) is 3.85. The lowest BCUT2D eigenvalue weighted by molar-refractivity contribution is 0.668. The Morgan fingerprint density at radius 3 is 2.23 bits per heavy atom. The summed E-state index contributed by atoms with van der Waals surface area (Å²) < 4.78 is 13.9. The van der Waals surface area contributed by atoms with E-state index in [0.29, 0.717) is 0 Å². The highest BCUT2D eigenvalue weighted by Gasteiger charge is 2.21. The number of hydrogen-bond acceptors (Lipinski definition) is 5. The van der Waals surface area contributed by atoms with Gasteiger partial charge in [0.25, 0.3) is 0 Å². The number of aromatic nitrogens is 1. The van der Waals surface area contributed by atoms with Crippen LogP contribution in [0.4, 0.5) is 17.1 Å². The number of rotatable bonds is 5. The summed E-state index contributed by atoms with van der Waals surface area (Å²) in [6.45, 7) is 0. The van der Waals surface area contributed by atoms with Crippen LogP contribution in [0.15, 0.2) is 154 Å². The van der Waals surface area contributed by atoms with Crippen molar-refractivity contribution in [3.8, 4) is 11.1 Å². The molecule has 0 fully saturated rings. The van der Waals surface area contributed by atoms with E-state index in [-0.39, 0.29) is 0 Å². The largest absolute Gasteiger partial charge is 0.456 e. The van der Waals surface area contributed by atoms with Crippen molar-refractivity contribution in [2.75, 3.05) is 4.90 Å². The molecule has 0 amide bonds. The van der Waals surface area contributed by atoms with Crippen molar-refractivity contribution < 1.29 is 8.83 Å². The van der Waals surface area contributed by atoms with Crippen LogP contribution < -0.4 is 4.90 Å². The van der Waals surface area contributed by atoms with Crippen LogP contribution in [0.5, 0.6) is 0 Å². The van der Waals surface area contributed by atoms with Crippen molar-refractivity contribution >= 4 is 88.1 Å². The molecule has 3 aromatic heterocycles. The summed E-state index contributed by atoms with van der Waals surface area (Å²) >= 11 is 1.74. The first-order valence-corrected chi connectivity index (χ1v) is 17.1. The third kappa shape index (κ3) is 4.39. The molecule has 5 heteroatoms. The van der Waals surface area contributed by atoms with Crippen LogP contribution in [-0.4, -0.2) is 4.98 Å². The maximum Gasteiger partial charge on any atom is 0.137 e. The molecule has 3 heterocycles. The van der Waals surface area contributed by atoms with Crippen LogP contribution in [0.25, 0.3) is 70.8 Å². The lowest BCUT2D eigenvalue weighted by atomic mass is 10.0. The van der Waals surface area contributed by atoms with E-state index in [9.17, 15) is 0 Å². The van der Waals surface area contributed by atoms with E-state index in [1.54, 1.807) is 11.3 Å². The zero-order valence-electron chi connectivity index (χ0n) is 25.9. The smallest absolute Gasteiger partial charge is 0.137 e. The molecule has 0 saturated heterocycles. The Labute approximate surface area is 280 Å². The van der Waals surface area contributed by atoms with Crippen molar-refractivity contribution in [3.05, 3.63) is 151 Å². The number of benzene rings is 6. The molecular weight excluding hydrogens is 609 g/mol. The summed E-state index contributed by atoms with van der Waals surface area (Å²) in [4.78, 5) is 7.40. The Morgan fingerprint density at radius 2 is 1.35 bits per heavy atom. The summed E-state index contributed by atoms with van der Waals surface area (Å²) in [5.74, 6) is 0. The second-order valence-corrected chi connectivity index (χ2v) is 13.3. The van der Waals surface area contributed by atoms with Crippen molar-refractivity contribution in [1.29, 1.82) is 0 Å². The molecular formula is C43H28N2O2S. The van der Waals surface area contributed by atoms with Gasteiger partial charge in [-0.1, -0.05) is 85.0 Å². The number of nitrogens with zero attached hydrogens (tertiary/aromatic N) is 2. The lowest BCUT2D eigenvalue weighted by Crippen LogP contribution is -2.10. The Kier molecular flexibility index (Phi) is 6.14. The summed E-state index contributed by atoms with van der Waals surface area (Å²) in [7, 11) is 0. The summed E-state index contributed by atoms with van der Waals surface area (Å²) in [5.41, 5.74) is 11.3. The minimum atomic E-state index is 0.859. The van der Waals surface area contributed by atoms with E-state index in [2.05, 4.69) is 138 Å².